The smallest absolute Gasteiger partial charge is 0.290 e. The van der Waals surface area contributed by atoms with Crippen LogP contribution in [0.25, 0.3) is 0 Å². The fourth-order valence-electron chi connectivity index (χ4n) is 1.63. The minimum absolute atomic E-state index is 0.174. The van der Waals surface area contributed by atoms with Gasteiger partial charge in [-0.05, 0) is 18.8 Å². The molecule has 2 N–H and O–H groups in total. The van der Waals surface area contributed by atoms with Crippen molar-refractivity contribution in [3.8, 4) is 0 Å². The number of carbonyl (C=O) groups excluding carboxylic acids is 1. The molecule has 5 heteroatoms. The van der Waals surface area contributed by atoms with Gasteiger partial charge in [0.05, 0.1) is 0 Å². The van der Waals surface area contributed by atoms with Crippen LogP contribution < -0.4 is 5.32 Å². The molecule has 0 atom stereocenters. The van der Waals surface area contributed by atoms with Gasteiger partial charge in [-0.3, -0.25) is 9.89 Å². The summed E-state index contributed by atoms with van der Waals surface area (Å²) < 4.78 is 0. The third-order valence-corrected chi connectivity index (χ3v) is 2.84. The van der Waals surface area contributed by atoms with E-state index in [0.29, 0.717) is 0 Å². The number of aromatic amines is 1. The average Bonchev–Trinajstić information content (AvgIpc) is 2.99. The Labute approximate surface area is 95.0 Å². The van der Waals surface area contributed by atoms with E-state index < -0.39 is 0 Å². The number of rotatable bonds is 6. The molecular weight excluding hydrogens is 204 g/mol. The Hall–Kier alpha value is -1.39. The molecule has 1 aliphatic carbocycles. The van der Waals surface area contributed by atoms with E-state index in [0.717, 1.165) is 31.1 Å². The maximum atomic E-state index is 11.6. The van der Waals surface area contributed by atoms with E-state index in [2.05, 4.69) is 20.5 Å². The van der Waals surface area contributed by atoms with Gasteiger partial charge in [0.2, 0.25) is 5.82 Å². The summed E-state index contributed by atoms with van der Waals surface area (Å²) in [6.07, 6.45) is 5.79. The van der Waals surface area contributed by atoms with Crippen LogP contribution in [-0.4, -0.2) is 27.6 Å². The third-order valence-electron chi connectivity index (χ3n) is 2.84. The highest BCUT2D eigenvalue weighted by Gasteiger charge is 2.20. The number of carbonyl (C=O) groups is 1. The third kappa shape index (κ3) is 3.05. The molecule has 88 valence electrons. The van der Waals surface area contributed by atoms with Crippen molar-refractivity contribution in [2.24, 2.45) is 5.92 Å². The maximum absolute atomic E-state index is 11.6. The van der Waals surface area contributed by atoms with E-state index in [1.165, 1.54) is 19.3 Å². The van der Waals surface area contributed by atoms with Gasteiger partial charge in [0.1, 0.15) is 5.82 Å². The Morgan fingerprint density at radius 3 is 3.00 bits per heavy atom. The first-order valence-electron chi connectivity index (χ1n) is 5.99. The molecular formula is C11H18N4O. The zero-order chi connectivity index (χ0) is 11.4. The van der Waals surface area contributed by atoms with Gasteiger partial charge in [-0.1, -0.05) is 19.8 Å². The van der Waals surface area contributed by atoms with Crippen LogP contribution in [0.2, 0.25) is 0 Å². The number of nitrogens with one attached hydrogen (secondary N) is 2. The largest absolute Gasteiger partial charge is 0.349 e. The summed E-state index contributed by atoms with van der Waals surface area (Å²) in [6.45, 7) is 2.70. The van der Waals surface area contributed by atoms with Gasteiger partial charge in [0.15, 0.2) is 0 Å². The van der Waals surface area contributed by atoms with Crippen molar-refractivity contribution < 1.29 is 4.79 Å². The van der Waals surface area contributed by atoms with Crippen LogP contribution in [-0.2, 0) is 6.42 Å². The lowest BCUT2D eigenvalue weighted by molar-refractivity contribution is 0.0943. The Morgan fingerprint density at radius 2 is 2.38 bits per heavy atom. The minimum atomic E-state index is -0.174. The number of amides is 1. The van der Waals surface area contributed by atoms with Gasteiger partial charge >= 0.3 is 0 Å². The molecule has 0 radical (unpaired) electrons. The van der Waals surface area contributed by atoms with Crippen LogP contribution in [0.5, 0.6) is 0 Å². The normalized spacial score (nSPS) is 15.1. The molecule has 0 saturated heterocycles. The number of H-pyrrole nitrogens is 1. The molecule has 1 amide bonds. The van der Waals surface area contributed by atoms with E-state index in [9.17, 15) is 4.79 Å². The Morgan fingerprint density at radius 1 is 1.56 bits per heavy atom. The highest BCUT2D eigenvalue weighted by molar-refractivity contribution is 5.90. The van der Waals surface area contributed by atoms with Crippen LogP contribution in [0.1, 0.15) is 49.1 Å². The number of nitrogens with zero attached hydrogens (tertiary/aromatic N) is 2. The lowest BCUT2D eigenvalue weighted by atomic mass is 10.2. The molecule has 0 aliphatic heterocycles. The van der Waals surface area contributed by atoms with E-state index in [4.69, 9.17) is 0 Å². The summed E-state index contributed by atoms with van der Waals surface area (Å²) in [6, 6.07) is 0. The first kappa shape index (κ1) is 11.1. The van der Waals surface area contributed by atoms with Crippen molar-refractivity contribution in [2.75, 3.05) is 6.54 Å². The summed E-state index contributed by atoms with van der Waals surface area (Å²) in [5.41, 5.74) is 0. The van der Waals surface area contributed by atoms with Crippen LogP contribution in [0.15, 0.2) is 0 Å². The second-order valence-corrected chi connectivity index (χ2v) is 4.30. The van der Waals surface area contributed by atoms with E-state index >= 15 is 0 Å². The molecule has 0 aromatic carbocycles. The van der Waals surface area contributed by atoms with Crippen molar-refractivity contribution in [3.63, 3.8) is 0 Å². The van der Waals surface area contributed by atoms with E-state index in [1.807, 2.05) is 6.92 Å². The number of hydrogen-bond acceptors (Lipinski definition) is 3. The Kier molecular flexibility index (Phi) is 3.54. The van der Waals surface area contributed by atoms with Crippen LogP contribution in [0, 0.1) is 5.92 Å². The van der Waals surface area contributed by atoms with Gasteiger partial charge in [-0.15, -0.1) is 5.10 Å². The summed E-state index contributed by atoms with van der Waals surface area (Å²) in [5, 5.41) is 9.43. The second kappa shape index (κ2) is 5.09. The van der Waals surface area contributed by atoms with Gasteiger partial charge < -0.3 is 5.32 Å². The summed E-state index contributed by atoms with van der Waals surface area (Å²) in [5.74, 6) is 1.75. The predicted molar refractivity (Wildman–Crippen MR) is 60.1 cm³/mol. The molecule has 0 unspecified atom stereocenters. The number of aromatic nitrogens is 3. The zero-order valence-electron chi connectivity index (χ0n) is 9.62. The van der Waals surface area contributed by atoms with Gasteiger partial charge in [-0.2, -0.15) is 0 Å². The molecule has 1 aromatic heterocycles. The second-order valence-electron chi connectivity index (χ2n) is 4.30. The first-order chi connectivity index (χ1) is 7.79. The highest BCUT2D eigenvalue weighted by Crippen LogP contribution is 2.33. The van der Waals surface area contributed by atoms with Crippen molar-refractivity contribution in [1.82, 2.24) is 20.5 Å². The fourth-order valence-corrected chi connectivity index (χ4v) is 1.63. The average molecular weight is 222 g/mol. The number of aryl methyl sites for hydroxylation is 1. The highest BCUT2D eigenvalue weighted by atomic mass is 16.2. The van der Waals surface area contributed by atoms with Gasteiger partial charge in [-0.25, -0.2) is 4.98 Å². The molecule has 1 aromatic rings. The lowest BCUT2D eigenvalue weighted by Crippen LogP contribution is -2.25. The summed E-state index contributed by atoms with van der Waals surface area (Å²) in [4.78, 5) is 15.7. The van der Waals surface area contributed by atoms with Crippen molar-refractivity contribution in [1.29, 1.82) is 0 Å². The summed E-state index contributed by atoms with van der Waals surface area (Å²) >= 11 is 0. The minimum Gasteiger partial charge on any atom is -0.349 e. The first-order valence-corrected chi connectivity index (χ1v) is 5.99. The quantitative estimate of drug-likeness (QED) is 0.712. The molecule has 1 saturated carbocycles. The maximum Gasteiger partial charge on any atom is 0.290 e. The van der Waals surface area contributed by atoms with Crippen LogP contribution >= 0.6 is 0 Å². The SMILES string of the molecule is CCc1nc(C(=O)NCCCC2CC2)n[nH]1. The van der Waals surface area contributed by atoms with Crippen molar-refractivity contribution >= 4 is 5.91 Å². The Balaban J connectivity index is 1.69. The molecule has 1 aliphatic rings. The van der Waals surface area contributed by atoms with E-state index in [1.54, 1.807) is 0 Å². The molecule has 1 heterocycles. The van der Waals surface area contributed by atoms with E-state index in [-0.39, 0.29) is 11.7 Å². The lowest BCUT2D eigenvalue weighted by Gasteiger charge is -2.01. The van der Waals surface area contributed by atoms with Crippen LogP contribution in [0.3, 0.4) is 0 Å². The molecule has 5 nitrogen and oxygen atoms in total. The number of hydrogen-bond donors (Lipinski definition) is 2. The molecule has 0 spiro atoms. The predicted octanol–water partition coefficient (Wildman–Crippen LogP) is 1.29. The zero-order valence-corrected chi connectivity index (χ0v) is 9.62. The van der Waals surface area contributed by atoms with Crippen molar-refractivity contribution in [2.45, 2.75) is 39.0 Å². The monoisotopic (exact) mass is 222 g/mol. The fraction of sp³-hybridized carbons (Fsp3) is 0.727. The van der Waals surface area contributed by atoms with Gasteiger partial charge in [0.25, 0.3) is 5.91 Å². The van der Waals surface area contributed by atoms with Crippen LogP contribution in [0.4, 0.5) is 0 Å². The molecule has 1 fully saturated rings. The molecule has 2 rings (SSSR count). The topological polar surface area (TPSA) is 70.7 Å². The standard InChI is InChI=1S/C11H18N4O/c1-2-9-13-10(15-14-9)11(16)12-7-3-4-8-5-6-8/h8H,2-7H2,1H3,(H,12,16)(H,13,14,15). The molecule has 16 heavy (non-hydrogen) atoms. The Bertz CT molecular complexity index is 357. The van der Waals surface area contributed by atoms with Crippen molar-refractivity contribution in [3.05, 3.63) is 11.6 Å². The molecule has 0 bridgehead atoms. The summed E-state index contributed by atoms with van der Waals surface area (Å²) in [7, 11) is 0. The van der Waals surface area contributed by atoms with Gasteiger partial charge in [0, 0.05) is 13.0 Å².